The van der Waals surface area contributed by atoms with E-state index in [0.29, 0.717) is 6.61 Å². The van der Waals surface area contributed by atoms with Crippen LogP contribution in [-0.2, 0) is 4.74 Å². The van der Waals surface area contributed by atoms with Gasteiger partial charge in [-0.25, -0.2) is 0 Å². The van der Waals surface area contributed by atoms with Crippen LogP contribution in [0.25, 0.3) is 0 Å². The number of halogens is 1. The molecule has 0 aliphatic rings. The zero-order valence-corrected chi connectivity index (χ0v) is 6.37. The van der Waals surface area contributed by atoms with Crippen molar-refractivity contribution in [1.82, 2.24) is 0 Å². The molecular formula is C4H5ClMgO. The predicted octanol–water partition coefficient (Wildman–Crippen LogP) is -2.81. The van der Waals surface area contributed by atoms with Gasteiger partial charge in [0.05, 0.1) is 6.61 Å². The molecular weight excluding hydrogens is 124 g/mol. The molecule has 0 amide bonds. The van der Waals surface area contributed by atoms with Gasteiger partial charge in [-0.05, 0) is 6.92 Å². The van der Waals surface area contributed by atoms with E-state index in [4.69, 9.17) is 6.42 Å². The van der Waals surface area contributed by atoms with E-state index in [2.05, 4.69) is 4.74 Å². The molecule has 7 heavy (non-hydrogen) atoms. The van der Waals surface area contributed by atoms with Crippen molar-refractivity contribution in [3.8, 4) is 6.11 Å². The molecule has 3 heteroatoms. The van der Waals surface area contributed by atoms with Gasteiger partial charge in [0.15, 0.2) is 0 Å². The van der Waals surface area contributed by atoms with Crippen molar-refractivity contribution >= 4 is 23.1 Å². The summed E-state index contributed by atoms with van der Waals surface area (Å²) in [6, 6.07) is 0. The van der Waals surface area contributed by atoms with Crippen LogP contribution in [-0.4, -0.2) is 29.7 Å². The van der Waals surface area contributed by atoms with Crippen molar-refractivity contribution in [1.29, 1.82) is 0 Å². The second-order valence-electron chi connectivity index (χ2n) is 0.535. The maximum atomic E-state index is 6.13. The summed E-state index contributed by atoms with van der Waals surface area (Å²) in [7, 11) is 0. The van der Waals surface area contributed by atoms with Crippen LogP contribution in [0.1, 0.15) is 6.92 Å². The quantitative estimate of drug-likeness (QED) is 0.211. The fraction of sp³-hybridized carbons (Fsp3) is 0.500. The van der Waals surface area contributed by atoms with Gasteiger partial charge < -0.3 is 23.6 Å². The van der Waals surface area contributed by atoms with Gasteiger partial charge in [-0.15, -0.1) is 6.11 Å². The summed E-state index contributed by atoms with van der Waals surface area (Å²) < 4.78 is 4.25. The van der Waals surface area contributed by atoms with Crippen molar-refractivity contribution in [2.75, 3.05) is 6.61 Å². The summed E-state index contributed by atoms with van der Waals surface area (Å²) in [5, 5.41) is 0. The topological polar surface area (TPSA) is 9.23 Å². The Bertz CT molecular complexity index is 50.1. The third-order valence-electron chi connectivity index (χ3n) is 0.217. The Morgan fingerprint density at radius 2 is 2.14 bits per heavy atom. The molecule has 0 fully saturated rings. The van der Waals surface area contributed by atoms with Gasteiger partial charge in [-0.2, -0.15) is 0 Å². The Morgan fingerprint density at radius 3 is 2.14 bits per heavy atom. The Hall–Kier alpha value is 0.416. The first-order chi connectivity index (χ1) is 2.41. The van der Waals surface area contributed by atoms with Gasteiger partial charge in [-0.1, -0.05) is 0 Å². The first-order valence-corrected chi connectivity index (χ1v) is 1.45. The molecule has 0 aromatic rings. The molecule has 0 aromatic heterocycles. The number of hydrogen-bond donors (Lipinski definition) is 0. The third-order valence-corrected chi connectivity index (χ3v) is 0.217. The second-order valence-corrected chi connectivity index (χ2v) is 0.535. The van der Waals surface area contributed by atoms with E-state index in [1.165, 1.54) is 0 Å². The minimum absolute atomic E-state index is 0. The minimum Gasteiger partial charge on any atom is -1.00 e. The normalized spacial score (nSPS) is 4.00. The Morgan fingerprint density at radius 1 is 1.71 bits per heavy atom. The average Bonchev–Trinajstić information content (AvgIpc) is 1.41. The summed E-state index contributed by atoms with van der Waals surface area (Å²) in [6.45, 7) is 2.35. The van der Waals surface area contributed by atoms with E-state index >= 15 is 0 Å². The predicted molar refractivity (Wildman–Crippen MR) is 24.5 cm³/mol. The molecule has 36 valence electrons. The standard InChI is InChI=1S/C4H5O.ClH.Mg/c1-3-5-4-2;;/h3H2,1H3;1H;/q-1;;+2/p-1. The zero-order valence-electron chi connectivity index (χ0n) is 4.20. The van der Waals surface area contributed by atoms with Crippen molar-refractivity contribution < 1.29 is 17.1 Å². The first-order valence-electron chi connectivity index (χ1n) is 1.45. The summed E-state index contributed by atoms with van der Waals surface area (Å²) in [5.74, 6) is 0. The van der Waals surface area contributed by atoms with Crippen LogP contribution >= 0.6 is 0 Å². The second kappa shape index (κ2) is 16.1. The largest absolute Gasteiger partial charge is 2.00 e. The van der Waals surface area contributed by atoms with Crippen LogP contribution in [0.4, 0.5) is 0 Å². The third kappa shape index (κ3) is 21.4. The van der Waals surface area contributed by atoms with Gasteiger partial charge >= 0.3 is 23.1 Å². The van der Waals surface area contributed by atoms with Gasteiger partial charge in [0, 0.05) is 0 Å². The Labute approximate surface area is 66.4 Å². The fourth-order valence-corrected chi connectivity index (χ4v) is 0.0722. The molecule has 0 rings (SSSR count). The molecule has 0 aromatic carbocycles. The molecule has 0 radical (unpaired) electrons. The minimum atomic E-state index is 0. The molecule has 0 saturated carbocycles. The molecule has 1 nitrogen and oxygen atoms in total. The molecule has 0 saturated heterocycles. The monoisotopic (exact) mass is 128 g/mol. The smallest absolute Gasteiger partial charge is 1.00 e. The van der Waals surface area contributed by atoms with Crippen LogP contribution in [0.3, 0.4) is 0 Å². The van der Waals surface area contributed by atoms with Crippen LogP contribution in [0.5, 0.6) is 0 Å². The van der Waals surface area contributed by atoms with E-state index in [9.17, 15) is 0 Å². The van der Waals surface area contributed by atoms with E-state index < -0.39 is 0 Å². The summed E-state index contributed by atoms with van der Waals surface area (Å²) in [5.41, 5.74) is 0. The molecule has 0 heterocycles. The molecule has 0 N–H and O–H groups in total. The number of ether oxygens (including phenoxy) is 1. The van der Waals surface area contributed by atoms with E-state index in [-0.39, 0.29) is 35.5 Å². The number of rotatable bonds is 1. The van der Waals surface area contributed by atoms with Crippen LogP contribution < -0.4 is 12.4 Å². The summed E-state index contributed by atoms with van der Waals surface area (Å²) in [6.07, 6.45) is 7.90. The molecule has 0 bridgehead atoms. The molecule has 0 aliphatic carbocycles. The fourth-order valence-electron chi connectivity index (χ4n) is 0.0722. The molecule has 0 unspecified atom stereocenters. The van der Waals surface area contributed by atoms with E-state index in [1.807, 2.05) is 6.92 Å². The van der Waals surface area contributed by atoms with Crippen LogP contribution in [0.2, 0.25) is 0 Å². The SMILES string of the molecule is [C-]#COCC.[Cl-].[Mg+2]. The average molecular weight is 129 g/mol. The summed E-state index contributed by atoms with van der Waals surface area (Å²) in [4.78, 5) is 0. The van der Waals surface area contributed by atoms with Crippen molar-refractivity contribution in [3.63, 3.8) is 0 Å². The summed E-state index contributed by atoms with van der Waals surface area (Å²) >= 11 is 0. The maximum Gasteiger partial charge on any atom is 2.00 e. The van der Waals surface area contributed by atoms with E-state index in [1.54, 1.807) is 6.11 Å². The van der Waals surface area contributed by atoms with Crippen LogP contribution in [0.15, 0.2) is 0 Å². The van der Waals surface area contributed by atoms with Gasteiger partial charge in [-0.3, -0.25) is 0 Å². The molecule has 0 spiro atoms. The van der Waals surface area contributed by atoms with Crippen molar-refractivity contribution in [3.05, 3.63) is 6.42 Å². The van der Waals surface area contributed by atoms with Gasteiger partial charge in [0.1, 0.15) is 0 Å². The van der Waals surface area contributed by atoms with Gasteiger partial charge in [0.25, 0.3) is 0 Å². The Kier molecular flexibility index (Phi) is 36.1. The molecule has 0 aliphatic heterocycles. The number of hydrogen-bond acceptors (Lipinski definition) is 1. The Balaban J connectivity index is -0.0000000800. The van der Waals surface area contributed by atoms with E-state index in [0.717, 1.165) is 0 Å². The maximum absolute atomic E-state index is 6.13. The van der Waals surface area contributed by atoms with Crippen molar-refractivity contribution in [2.24, 2.45) is 0 Å². The zero-order chi connectivity index (χ0) is 4.12. The molecule has 0 atom stereocenters. The van der Waals surface area contributed by atoms with Crippen LogP contribution in [0, 0.1) is 12.5 Å². The van der Waals surface area contributed by atoms with Crippen molar-refractivity contribution in [2.45, 2.75) is 6.92 Å². The van der Waals surface area contributed by atoms with Gasteiger partial charge in [0.2, 0.25) is 0 Å². The first kappa shape index (κ1) is 15.7.